The van der Waals surface area contributed by atoms with Gasteiger partial charge in [-0.05, 0) is 37.4 Å². The number of hydrogen-bond acceptors (Lipinski definition) is 2. The molecule has 0 aliphatic carbocycles. The van der Waals surface area contributed by atoms with E-state index in [9.17, 15) is 0 Å². The van der Waals surface area contributed by atoms with Crippen LogP contribution in [0, 0.1) is 6.92 Å². The maximum Gasteiger partial charge on any atom is 0.128 e. The van der Waals surface area contributed by atoms with E-state index >= 15 is 0 Å². The molecule has 0 spiro atoms. The minimum atomic E-state index is 0.118. The Bertz CT molecular complexity index is 445. The number of rotatable bonds is 1. The van der Waals surface area contributed by atoms with Crippen LogP contribution in [0.2, 0.25) is 0 Å². The average Bonchev–Trinajstić information content (AvgIpc) is 2.26. The number of ether oxygens (including phenoxy) is 1. The van der Waals surface area contributed by atoms with E-state index in [1.54, 1.807) is 0 Å². The first kappa shape index (κ1) is 13.4. The molecule has 0 amide bonds. The van der Waals surface area contributed by atoms with Gasteiger partial charge in [0.25, 0.3) is 0 Å². The number of benzene rings is 1. The first-order valence-electron chi connectivity index (χ1n) is 6.82. The summed E-state index contributed by atoms with van der Waals surface area (Å²) in [5.41, 5.74) is 4.11. The fraction of sp³-hybridized carbons (Fsp3) is 0.625. The second-order valence-electron chi connectivity index (χ2n) is 6.43. The molecule has 18 heavy (non-hydrogen) atoms. The van der Waals surface area contributed by atoms with Crippen LogP contribution in [0.25, 0.3) is 0 Å². The van der Waals surface area contributed by atoms with Crippen molar-refractivity contribution >= 4 is 0 Å². The molecule has 1 heterocycles. The van der Waals surface area contributed by atoms with Gasteiger partial charge in [-0.15, -0.1) is 0 Å². The molecule has 0 fully saturated rings. The summed E-state index contributed by atoms with van der Waals surface area (Å²) < 4.78 is 6.16. The molecular formula is C16H25NO. The van der Waals surface area contributed by atoms with E-state index in [1.807, 2.05) is 7.05 Å². The van der Waals surface area contributed by atoms with Crippen molar-refractivity contribution < 1.29 is 4.74 Å². The van der Waals surface area contributed by atoms with Crippen LogP contribution in [0.15, 0.2) is 12.1 Å². The van der Waals surface area contributed by atoms with Gasteiger partial charge in [0.1, 0.15) is 5.75 Å². The summed E-state index contributed by atoms with van der Waals surface area (Å²) in [6.07, 6.45) is 1.32. The van der Waals surface area contributed by atoms with E-state index < -0.39 is 0 Å². The minimum absolute atomic E-state index is 0.118. The zero-order chi connectivity index (χ0) is 13.5. The predicted octanol–water partition coefficient (Wildman–Crippen LogP) is 3.72. The molecule has 1 N–H and O–H groups in total. The normalized spacial score (nSPS) is 23.4. The maximum atomic E-state index is 6.16. The van der Waals surface area contributed by atoms with Gasteiger partial charge in [-0.2, -0.15) is 0 Å². The monoisotopic (exact) mass is 247 g/mol. The molecule has 1 aliphatic heterocycles. The Morgan fingerprint density at radius 1 is 1.28 bits per heavy atom. The highest BCUT2D eigenvalue weighted by Crippen LogP contribution is 2.43. The van der Waals surface area contributed by atoms with Crippen LogP contribution in [0.1, 0.15) is 56.8 Å². The largest absolute Gasteiger partial charge is 0.490 e. The molecule has 0 saturated carbocycles. The summed E-state index contributed by atoms with van der Waals surface area (Å²) in [5.74, 6) is 1.11. The van der Waals surface area contributed by atoms with Gasteiger partial charge in [0.05, 0.1) is 6.10 Å². The van der Waals surface area contributed by atoms with Gasteiger partial charge in [0.2, 0.25) is 0 Å². The van der Waals surface area contributed by atoms with E-state index in [0.717, 1.165) is 12.2 Å². The fourth-order valence-corrected chi connectivity index (χ4v) is 2.81. The second-order valence-corrected chi connectivity index (χ2v) is 6.43. The van der Waals surface area contributed by atoms with E-state index in [0.29, 0.717) is 6.04 Å². The third-order valence-electron chi connectivity index (χ3n) is 3.81. The van der Waals surface area contributed by atoms with Gasteiger partial charge in [-0.1, -0.05) is 32.9 Å². The maximum absolute atomic E-state index is 6.16. The first-order valence-corrected chi connectivity index (χ1v) is 6.82. The predicted molar refractivity (Wildman–Crippen MR) is 76.4 cm³/mol. The molecule has 1 aromatic rings. The van der Waals surface area contributed by atoms with Crippen molar-refractivity contribution in [1.82, 2.24) is 5.32 Å². The van der Waals surface area contributed by atoms with Gasteiger partial charge in [0.15, 0.2) is 0 Å². The molecule has 0 aromatic heterocycles. The minimum Gasteiger partial charge on any atom is -0.490 e. The van der Waals surface area contributed by atoms with Crippen molar-refractivity contribution in [1.29, 1.82) is 0 Å². The SMILES string of the molecule is CNC1CC(C)Oc2c(C(C)(C)C)ccc(C)c21. The van der Waals surface area contributed by atoms with Gasteiger partial charge >= 0.3 is 0 Å². The Balaban J connectivity index is 2.62. The third-order valence-corrected chi connectivity index (χ3v) is 3.81. The molecule has 0 saturated heterocycles. The van der Waals surface area contributed by atoms with Crippen molar-refractivity contribution in [2.75, 3.05) is 7.05 Å². The molecule has 2 nitrogen and oxygen atoms in total. The molecule has 100 valence electrons. The van der Waals surface area contributed by atoms with Crippen LogP contribution in [-0.2, 0) is 5.41 Å². The summed E-state index contributed by atoms with van der Waals surface area (Å²) in [4.78, 5) is 0. The van der Waals surface area contributed by atoms with E-state index in [4.69, 9.17) is 4.74 Å². The molecule has 2 unspecified atom stereocenters. The first-order chi connectivity index (χ1) is 8.34. The van der Waals surface area contributed by atoms with Crippen LogP contribution in [0.4, 0.5) is 0 Å². The Hall–Kier alpha value is -1.02. The Morgan fingerprint density at radius 3 is 2.50 bits per heavy atom. The molecule has 0 bridgehead atoms. The number of fused-ring (bicyclic) bond motifs is 1. The van der Waals surface area contributed by atoms with Crippen molar-refractivity contribution in [2.24, 2.45) is 0 Å². The fourth-order valence-electron chi connectivity index (χ4n) is 2.81. The van der Waals surface area contributed by atoms with Crippen molar-refractivity contribution in [3.63, 3.8) is 0 Å². The summed E-state index contributed by atoms with van der Waals surface area (Å²) in [6, 6.07) is 4.85. The lowest BCUT2D eigenvalue weighted by Gasteiger charge is -2.35. The zero-order valence-electron chi connectivity index (χ0n) is 12.4. The van der Waals surface area contributed by atoms with Gasteiger partial charge < -0.3 is 10.1 Å². The Morgan fingerprint density at radius 2 is 1.94 bits per heavy atom. The van der Waals surface area contributed by atoms with E-state index in [2.05, 4.69) is 52.1 Å². The standard InChI is InChI=1S/C16H25NO/c1-10-7-8-12(16(3,4)5)15-14(10)13(17-6)9-11(2)18-15/h7-8,11,13,17H,9H2,1-6H3. The Labute approximate surface area is 111 Å². The van der Waals surface area contributed by atoms with Gasteiger partial charge in [-0.25, -0.2) is 0 Å². The van der Waals surface area contributed by atoms with Crippen LogP contribution in [0.5, 0.6) is 5.75 Å². The molecular weight excluding hydrogens is 222 g/mol. The van der Waals surface area contributed by atoms with Crippen LogP contribution in [0.3, 0.4) is 0 Å². The Kier molecular flexibility index (Phi) is 3.41. The summed E-state index contributed by atoms with van der Waals surface area (Å²) in [5, 5.41) is 3.43. The highest BCUT2D eigenvalue weighted by Gasteiger charge is 2.31. The van der Waals surface area contributed by atoms with Gasteiger partial charge in [0, 0.05) is 18.0 Å². The highest BCUT2D eigenvalue weighted by molar-refractivity contribution is 5.51. The average molecular weight is 247 g/mol. The third kappa shape index (κ3) is 2.26. The molecule has 1 aliphatic rings. The quantitative estimate of drug-likeness (QED) is 0.816. The molecule has 0 radical (unpaired) electrons. The lowest BCUT2D eigenvalue weighted by molar-refractivity contribution is 0.164. The summed E-state index contributed by atoms with van der Waals surface area (Å²) >= 11 is 0. The lowest BCUT2D eigenvalue weighted by Crippen LogP contribution is -2.32. The highest BCUT2D eigenvalue weighted by atomic mass is 16.5. The van der Waals surface area contributed by atoms with Gasteiger partial charge in [-0.3, -0.25) is 0 Å². The van der Waals surface area contributed by atoms with Crippen LogP contribution < -0.4 is 10.1 Å². The zero-order valence-corrected chi connectivity index (χ0v) is 12.4. The molecule has 2 atom stereocenters. The number of aryl methyl sites for hydroxylation is 1. The molecule has 2 rings (SSSR count). The summed E-state index contributed by atoms with van der Waals surface area (Å²) in [6.45, 7) is 11.1. The molecule has 1 aromatic carbocycles. The lowest BCUT2D eigenvalue weighted by atomic mass is 9.81. The number of nitrogens with one attached hydrogen (secondary N) is 1. The van der Waals surface area contributed by atoms with Crippen LogP contribution in [-0.4, -0.2) is 13.2 Å². The van der Waals surface area contributed by atoms with Crippen LogP contribution >= 0.6 is 0 Å². The second kappa shape index (κ2) is 4.58. The number of hydrogen-bond donors (Lipinski definition) is 1. The topological polar surface area (TPSA) is 21.3 Å². The van der Waals surface area contributed by atoms with Crippen molar-refractivity contribution in [3.8, 4) is 5.75 Å². The van der Waals surface area contributed by atoms with Crippen molar-refractivity contribution in [2.45, 2.75) is 58.6 Å². The van der Waals surface area contributed by atoms with E-state index in [1.165, 1.54) is 16.7 Å². The molecule has 2 heteroatoms. The van der Waals surface area contributed by atoms with E-state index in [-0.39, 0.29) is 11.5 Å². The van der Waals surface area contributed by atoms with Crippen molar-refractivity contribution in [3.05, 3.63) is 28.8 Å². The summed E-state index contributed by atoms with van der Waals surface area (Å²) in [7, 11) is 2.04. The smallest absolute Gasteiger partial charge is 0.128 e.